The molecule has 0 aromatic carbocycles. The number of allylic oxidation sites excluding steroid dienone is 4. The first-order valence-corrected chi connectivity index (χ1v) is 10.4. The Bertz CT molecular complexity index is 578. The molecule has 1 heterocycles. The summed E-state index contributed by atoms with van der Waals surface area (Å²) in [4.78, 5) is 4.06. The molecule has 0 saturated carbocycles. The van der Waals surface area contributed by atoms with E-state index in [2.05, 4.69) is 40.8 Å². The van der Waals surface area contributed by atoms with E-state index in [1.807, 2.05) is 12.5 Å². The van der Waals surface area contributed by atoms with E-state index in [9.17, 15) is 0 Å². The molecule has 2 nitrogen and oxygen atoms in total. The molecule has 1 atom stereocenters. The lowest BCUT2D eigenvalue weighted by molar-refractivity contribution is 0.691. The van der Waals surface area contributed by atoms with Crippen LogP contribution in [0.5, 0.6) is 0 Å². The van der Waals surface area contributed by atoms with Crippen molar-refractivity contribution < 1.29 is 0 Å². The number of imidazole rings is 1. The number of nitrogens with zero attached hydrogens (tertiary/aromatic N) is 2. The normalized spacial score (nSPS) is 21.1. The highest BCUT2D eigenvalue weighted by atomic mass is 35.5. The molecule has 1 aromatic heterocycles. The molecule has 1 aromatic rings. The van der Waals surface area contributed by atoms with Crippen molar-refractivity contribution in [3.05, 3.63) is 53.6 Å². The summed E-state index contributed by atoms with van der Waals surface area (Å²) >= 11 is 14.9. The third-order valence-corrected chi connectivity index (χ3v) is 6.12. The number of rotatable bonds is 10. The Morgan fingerprint density at radius 1 is 1.38 bits per heavy atom. The third kappa shape index (κ3) is 6.70. The molecule has 0 fully saturated rings. The zero-order valence-corrected chi connectivity index (χ0v) is 16.6. The molecule has 0 amide bonds. The number of aromatic nitrogens is 2. The van der Waals surface area contributed by atoms with Crippen LogP contribution in [-0.4, -0.2) is 19.5 Å². The van der Waals surface area contributed by atoms with E-state index in [1.54, 1.807) is 18.0 Å². The van der Waals surface area contributed by atoms with Crippen LogP contribution in [-0.2, 0) is 6.54 Å². The van der Waals surface area contributed by atoms with Gasteiger partial charge in [0.2, 0.25) is 0 Å². The standard InChI is InChI=1S/C19H26Cl2N2S/c1-2-3-4-5-6-7-14-24-19(21)10-8-17(18(20)15-19)9-12-23-13-11-22-16-23/h6-8,10-11,13,16H,2-5,9,12,14-15H2,1H3. The Morgan fingerprint density at radius 3 is 2.96 bits per heavy atom. The largest absolute Gasteiger partial charge is 0.337 e. The maximum absolute atomic E-state index is 6.71. The average molecular weight is 385 g/mol. The molecule has 5 heteroatoms. The SMILES string of the molecule is CCCCCC=CCSC1(Cl)C=CC(CCn2ccnc2)=C(Cl)C1. The fourth-order valence-corrected chi connectivity index (χ4v) is 4.39. The molecule has 132 valence electrons. The van der Waals surface area contributed by atoms with Crippen LogP contribution in [0.2, 0.25) is 0 Å². The molecule has 1 aliphatic rings. The molecule has 0 aliphatic heterocycles. The van der Waals surface area contributed by atoms with Gasteiger partial charge in [-0.1, -0.05) is 55.7 Å². The van der Waals surface area contributed by atoms with Gasteiger partial charge in [0.1, 0.15) is 4.21 Å². The van der Waals surface area contributed by atoms with E-state index < -0.39 is 4.21 Å². The number of halogens is 2. The lowest BCUT2D eigenvalue weighted by Crippen LogP contribution is -2.17. The molecular formula is C19H26Cl2N2S. The van der Waals surface area contributed by atoms with Gasteiger partial charge in [0.05, 0.1) is 6.33 Å². The monoisotopic (exact) mass is 384 g/mol. The Hall–Kier alpha value is -0.640. The van der Waals surface area contributed by atoms with Crippen molar-refractivity contribution in [2.75, 3.05) is 5.75 Å². The van der Waals surface area contributed by atoms with Crippen LogP contribution in [0.1, 0.15) is 45.4 Å². The van der Waals surface area contributed by atoms with Gasteiger partial charge in [-0.2, -0.15) is 0 Å². The van der Waals surface area contributed by atoms with Crippen LogP contribution in [0.15, 0.2) is 53.6 Å². The second kappa shape index (κ2) is 10.4. The molecule has 0 bridgehead atoms. The van der Waals surface area contributed by atoms with E-state index in [0.29, 0.717) is 6.42 Å². The first-order valence-electron chi connectivity index (χ1n) is 8.63. The van der Waals surface area contributed by atoms with Gasteiger partial charge in [0, 0.05) is 36.1 Å². The van der Waals surface area contributed by atoms with Crippen LogP contribution < -0.4 is 0 Å². The van der Waals surface area contributed by atoms with E-state index in [1.165, 1.54) is 31.3 Å². The number of thioether (sulfide) groups is 1. The summed E-state index contributed by atoms with van der Waals surface area (Å²) in [6.07, 6.45) is 20.9. The maximum atomic E-state index is 6.71. The Labute approximate surface area is 160 Å². The first kappa shape index (κ1) is 19.7. The Kier molecular flexibility index (Phi) is 8.51. The van der Waals surface area contributed by atoms with Crippen molar-refractivity contribution in [1.29, 1.82) is 0 Å². The van der Waals surface area contributed by atoms with Gasteiger partial charge in [-0.3, -0.25) is 0 Å². The number of hydrogen-bond donors (Lipinski definition) is 0. The predicted molar refractivity (Wildman–Crippen MR) is 108 cm³/mol. The molecule has 0 saturated heterocycles. The predicted octanol–water partition coefficient (Wildman–Crippen LogP) is 6.53. The van der Waals surface area contributed by atoms with Crippen LogP contribution >= 0.6 is 35.0 Å². The molecule has 1 unspecified atom stereocenters. The summed E-state index contributed by atoms with van der Waals surface area (Å²) in [5.41, 5.74) is 1.18. The maximum Gasteiger partial charge on any atom is 0.113 e. The Morgan fingerprint density at radius 2 is 2.25 bits per heavy atom. The van der Waals surface area contributed by atoms with E-state index >= 15 is 0 Å². The zero-order chi connectivity index (χ0) is 17.3. The highest BCUT2D eigenvalue weighted by Gasteiger charge is 2.29. The molecule has 0 N–H and O–H groups in total. The van der Waals surface area contributed by atoms with Gasteiger partial charge >= 0.3 is 0 Å². The van der Waals surface area contributed by atoms with Gasteiger partial charge in [-0.25, -0.2) is 4.98 Å². The minimum atomic E-state index is -0.413. The quantitative estimate of drug-likeness (QED) is 0.259. The molecule has 0 spiro atoms. The number of aryl methyl sites for hydroxylation is 1. The van der Waals surface area contributed by atoms with Crippen LogP contribution in [0.3, 0.4) is 0 Å². The molecule has 24 heavy (non-hydrogen) atoms. The Balaban J connectivity index is 1.75. The summed E-state index contributed by atoms with van der Waals surface area (Å²) in [6.45, 7) is 3.12. The van der Waals surface area contributed by atoms with E-state index in [-0.39, 0.29) is 0 Å². The second-order valence-corrected chi connectivity index (χ2v) is 8.76. The van der Waals surface area contributed by atoms with E-state index in [0.717, 1.165) is 23.8 Å². The molecular weight excluding hydrogens is 359 g/mol. The summed E-state index contributed by atoms with van der Waals surface area (Å²) in [7, 11) is 0. The van der Waals surface area contributed by atoms with Crippen molar-refractivity contribution in [3.8, 4) is 0 Å². The van der Waals surface area contributed by atoms with Crippen LogP contribution in [0.4, 0.5) is 0 Å². The highest BCUT2D eigenvalue weighted by Crippen LogP contribution is 2.43. The summed E-state index contributed by atoms with van der Waals surface area (Å²) in [5, 5.41) is 0.882. The van der Waals surface area contributed by atoms with Gasteiger partial charge in [0.15, 0.2) is 0 Å². The third-order valence-electron chi connectivity index (χ3n) is 4.04. The van der Waals surface area contributed by atoms with Crippen molar-refractivity contribution >= 4 is 35.0 Å². The highest BCUT2D eigenvalue weighted by molar-refractivity contribution is 8.02. The summed E-state index contributed by atoms with van der Waals surface area (Å²) < 4.78 is 1.65. The van der Waals surface area contributed by atoms with E-state index in [4.69, 9.17) is 23.2 Å². The number of alkyl halides is 1. The fraction of sp³-hybridized carbons (Fsp3) is 0.526. The smallest absolute Gasteiger partial charge is 0.113 e. The topological polar surface area (TPSA) is 17.8 Å². The molecule has 2 rings (SSSR count). The summed E-state index contributed by atoms with van der Waals surface area (Å²) in [5.74, 6) is 0.925. The van der Waals surface area contributed by atoms with Gasteiger partial charge in [0.25, 0.3) is 0 Å². The minimum absolute atomic E-state index is 0.413. The minimum Gasteiger partial charge on any atom is -0.337 e. The lowest BCUT2D eigenvalue weighted by Gasteiger charge is -2.26. The lowest BCUT2D eigenvalue weighted by atomic mass is 10.0. The van der Waals surface area contributed by atoms with Gasteiger partial charge in [-0.05, 0) is 24.8 Å². The first-order chi connectivity index (χ1) is 11.6. The number of hydrogen-bond acceptors (Lipinski definition) is 2. The fourth-order valence-electron chi connectivity index (χ4n) is 2.57. The van der Waals surface area contributed by atoms with Gasteiger partial charge in [-0.15, -0.1) is 23.4 Å². The van der Waals surface area contributed by atoms with Crippen molar-refractivity contribution in [2.24, 2.45) is 0 Å². The van der Waals surface area contributed by atoms with Gasteiger partial charge < -0.3 is 4.57 Å². The molecule has 1 aliphatic carbocycles. The van der Waals surface area contributed by atoms with Crippen LogP contribution in [0, 0.1) is 0 Å². The second-order valence-electron chi connectivity index (χ2n) is 6.06. The number of unbranched alkanes of at least 4 members (excludes halogenated alkanes) is 3. The zero-order valence-electron chi connectivity index (χ0n) is 14.3. The molecule has 0 radical (unpaired) electrons. The van der Waals surface area contributed by atoms with Crippen molar-refractivity contribution in [3.63, 3.8) is 0 Å². The summed E-state index contributed by atoms with van der Waals surface area (Å²) in [6, 6.07) is 0. The van der Waals surface area contributed by atoms with Crippen LogP contribution in [0.25, 0.3) is 0 Å². The van der Waals surface area contributed by atoms with Crippen molar-refractivity contribution in [1.82, 2.24) is 9.55 Å². The average Bonchev–Trinajstić information content (AvgIpc) is 3.07. The van der Waals surface area contributed by atoms with Crippen molar-refractivity contribution in [2.45, 2.75) is 56.2 Å².